The molecule has 1 amide bonds. The van der Waals surface area contributed by atoms with E-state index >= 15 is 0 Å². The SMILES string of the molecule is C[C@@H]1c2cccc(O)c2C(O)=C2C(=O)[C@@]3(O)C(O)=C(C(N)=O)C(=O)[C@H](N(C)C)C3C(O)C21.O=P([O-])(O)O.[Na+]. The average Bonchev–Trinajstić information content (AvgIpc) is 2.74. The van der Waals surface area contributed by atoms with Crippen LogP contribution in [0.5, 0.6) is 5.75 Å². The van der Waals surface area contributed by atoms with Crippen molar-refractivity contribution >= 4 is 31.1 Å². The van der Waals surface area contributed by atoms with Gasteiger partial charge in [-0.3, -0.25) is 23.8 Å². The summed E-state index contributed by atoms with van der Waals surface area (Å²) in [5.41, 5.74) is 1.47. The van der Waals surface area contributed by atoms with Crippen LogP contribution in [0.3, 0.4) is 0 Å². The van der Waals surface area contributed by atoms with Gasteiger partial charge in [-0.15, -0.1) is 0 Å². The minimum Gasteiger partial charge on any atom is -0.756 e. The number of phenolic OH excluding ortho intramolecular Hbond substituents is 1. The van der Waals surface area contributed by atoms with Crippen molar-refractivity contribution in [3.8, 4) is 5.75 Å². The number of ketones is 2. The Morgan fingerprint density at radius 2 is 1.68 bits per heavy atom. The molecule has 3 aliphatic carbocycles. The molecule has 3 unspecified atom stereocenters. The number of primary amides is 1. The molecule has 6 atom stereocenters. The number of likely N-dealkylation sites (N-methyl/N-ethyl adjacent to an activating group) is 1. The molecule has 0 bridgehead atoms. The van der Waals surface area contributed by atoms with Gasteiger partial charge in [0.25, 0.3) is 13.7 Å². The maximum absolute atomic E-state index is 13.7. The first-order valence-corrected chi connectivity index (χ1v) is 12.3. The number of rotatable bonds is 2. The molecule has 16 heteroatoms. The molecule has 1 aromatic rings. The summed E-state index contributed by atoms with van der Waals surface area (Å²) in [4.78, 5) is 62.9. The van der Waals surface area contributed by atoms with Crippen LogP contribution < -0.4 is 40.2 Å². The maximum atomic E-state index is 13.7. The average molecular weight is 564 g/mol. The van der Waals surface area contributed by atoms with Gasteiger partial charge in [-0.05, 0) is 31.6 Å². The van der Waals surface area contributed by atoms with Gasteiger partial charge in [-0.2, -0.15) is 0 Å². The van der Waals surface area contributed by atoms with Gasteiger partial charge in [0.05, 0.1) is 23.6 Å². The van der Waals surface area contributed by atoms with Gasteiger partial charge in [0.1, 0.15) is 22.8 Å². The number of phosphoric acid groups is 1. The molecule has 0 spiro atoms. The van der Waals surface area contributed by atoms with Gasteiger partial charge in [0.2, 0.25) is 5.78 Å². The van der Waals surface area contributed by atoms with Gasteiger partial charge < -0.3 is 45.9 Å². The maximum Gasteiger partial charge on any atom is 1.00 e. The van der Waals surface area contributed by atoms with E-state index in [1.807, 2.05) is 0 Å². The van der Waals surface area contributed by atoms with Crippen molar-refractivity contribution in [3.05, 3.63) is 46.2 Å². The fourth-order valence-corrected chi connectivity index (χ4v) is 5.58. The smallest absolute Gasteiger partial charge is 0.756 e. The summed E-state index contributed by atoms with van der Waals surface area (Å²) >= 11 is 0. The molecule has 1 saturated carbocycles. The van der Waals surface area contributed by atoms with Crippen LogP contribution in [0.15, 0.2) is 35.1 Å². The van der Waals surface area contributed by atoms with Crippen LogP contribution in [0.25, 0.3) is 5.76 Å². The molecule has 0 aromatic heterocycles. The Kier molecular flexibility index (Phi) is 9.14. The molecule has 4 rings (SSSR count). The van der Waals surface area contributed by atoms with Crippen molar-refractivity contribution in [3.63, 3.8) is 0 Å². The molecule has 38 heavy (non-hydrogen) atoms. The third kappa shape index (κ3) is 4.97. The van der Waals surface area contributed by atoms with Crippen molar-refractivity contribution in [1.29, 1.82) is 0 Å². The van der Waals surface area contributed by atoms with Crippen LogP contribution >= 0.6 is 7.82 Å². The third-order valence-corrected chi connectivity index (χ3v) is 6.99. The Morgan fingerprint density at radius 3 is 2.16 bits per heavy atom. The standard InChI is InChI=1S/C22H24N2O8.Na.H3O4P/c1-7-8-5-4-6-9(25)11(8)16(26)12-10(7)17(27)14-15(24(2)3)18(28)13(21(23)31)20(30)22(14,32)19(12)29;;1-5(2,3)4/h4-7,10,14-15,17,25-27,30,32H,1-3H3,(H2,23,31);;(H3,1,2,3,4)/q;+1;/p-1/t7-,10?,14?,15-,17?,22-;;/m1../s1. The number of carbonyl (C=O) groups excluding carboxylic acids is 3. The van der Waals surface area contributed by atoms with Crippen LogP contribution in [-0.2, 0) is 18.9 Å². The van der Waals surface area contributed by atoms with Crippen LogP contribution in [0.4, 0.5) is 0 Å². The number of aliphatic hydroxyl groups excluding tert-OH is 3. The number of aromatic hydroxyl groups is 1. The summed E-state index contributed by atoms with van der Waals surface area (Å²) in [5.74, 6) is -8.87. The van der Waals surface area contributed by atoms with Gasteiger partial charge in [0.15, 0.2) is 11.4 Å². The Labute approximate surface area is 238 Å². The van der Waals surface area contributed by atoms with Crippen LogP contribution in [0, 0.1) is 11.8 Å². The van der Waals surface area contributed by atoms with Gasteiger partial charge >= 0.3 is 29.6 Å². The van der Waals surface area contributed by atoms with E-state index in [0.717, 1.165) is 0 Å². The summed E-state index contributed by atoms with van der Waals surface area (Å²) in [6, 6.07) is 3.13. The van der Waals surface area contributed by atoms with E-state index in [9.17, 15) is 39.9 Å². The predicted molar refractivity (Wildman–Crippen MR) is 122 cm³/mol. The van der Waals surface area contributed by atoms with E-state index in [2.05, 4.69) is 0 Å². The summed E-state index contributed by atoms with van der Waals surface area (Å²) in [6.45, 7) is 1.68. The number of aliphatic hydroxyl groups is 4. The Morgan fingerprint density at radius 1 is 1.16 bits per heavy atom. The Bertz CT molecular complexity index is 1300. The zero-order valence-corrected chi connectivity index (χ0v) is 23.7. The second-order valence-corrected chi connectivity index (χ2v) is 10.3. The van der Waals surface area contributed by atoms with E-state index < -0.39 is 83.5 Å². The number of fused-ring (bicyclic) bond motifs is 3. The number of hydrogen-bond donors (Lipinski definition) is 8. The molecular weight excluding hydrogens is 538 g/mol. The number of nitrogens with zero attached hydrogens (tertiary/aromatic N) is 1. The number of benzene rings is 1. The second-order valence-electron chi connectivity index (χ2n) is 9.28. The molecule has 0 radical (unpaired) electrons. The van der Waals surface area contributed by atoms with Crippen molar-refractivity contribution in [2.45, 2.75) is 30.6 Å². The van der Waals surface area contributed by atoms with E-state index in [-0.39, 0.29) is 40.9 Å². The molecule has 1 fully saturated rings. The van der Waals surface area contributed by atoms with E-state index in [4.69, 9.17) is 25.0 Å². The Hall–Kier alpha value is -2.10. The molecule has 9 N–H and O–H groups in total. The van der Waals surface area contributed by atoms with Crippen molar-refractivity contribution in [2.24, 2.45) is 17.6 Å². The van der Waals surface area contributed by atoms with Gasteiger partial charge in [-0.25, -0.2) is 0 Å². The van der Waals surface area contributed by atoms with E-state index in [0.29, 0.717) is 5.56 Å². The minimum atomic E-state index is -4.89. The van der Waals surface area contributed by atoms with Gasteiger partial charge in [0, 0.05) is 11.5 Å². The Balaban J connectivity index is 0.000000774. The quantitative estimate of drug-likeness (QED) is 0.0951. The number of Topliss-reactive ketones (excluding diaryl/α,β-unsaturated/α-hetero) is 2. The molecule has 0 aliphatic heterocycles. The largest absolute Gasteiger partial charge is 1.00 e. The van der Waals surface area contributed by atoms with Crippen molar-refractivity contribution in [2.75, 3.05) is 14.1 Å². The van der Waals surface area contributed by atoms with Crippen LogP contribution in [-0.4, -0.2) is 89.5 Å². The van der Waals surface area contributed by atoms with E-state index in [1.54, 1.807) is 19.1 Å². The number of hydrogen-bond acceptors (Lipinski definition) is 11. The summed E-state index contributed by atoms with van der Waals surface area (Å²) < 4.78 is 8.77. The molecule has 0 heterocycles. The first-order chi connectivity index (χ1) is 16.9. The van der Waals surface area contributed by atoms with Crippen LogP contribution in [0.2, 0.25) is 0 Å². The normalized spacial score (nSPS) is 30.5. The molecule has 14 nitrogen and oxygen atoms in total. The number of carbonyl (C=O) groups is 3. The number of phenols is 1. The summed E-state index contributed by atoms with van der Waals surface area (Å²) in [5, 5.41) is 54.9. The number of amides is 1. The number of nitrogens with two attached hydrogens (primary N) is 1. The third-order valence-electron chi connectivity index (χ3n) is 6.99. The van der Waals surface area contributed by atoms with Gasteiger partial charge in [-0.1, -0.05) is 19.1 Å². The molecule has 3 aliphatic rings. The zero-order chi connectivity index (χ0) is 28.4. The van der Waals surface area contributed by atoms with Crippen LogP contribution in [0.1, 0.15) is 24.0 Å². The molecule has 0 saturated heterocycles. The minimum absolute atomic E-state index is 0. The van der Waals surface area contributed by atoms with Crippen molar-refractivity contribution in [1.82, 2.24) is 4.90 Å². The van der Waals surface area contributed by atoms with E-state index in [1.165, 1.54) is 25.1 Å². The summed E-state index contributed by atoms with van der Waals surface area (Å²) in [6.07, 6.45) is -1.59. The predicted octanol–water partition coefficient (Wildman–Crippen LogP) is -5.06. The second kappa shape index (κ2) is 10.8. The first kappa shape index (κ1) is 32.1. The van der Waals surface area contributed by atoms with Crippen molar-refractivity contribution < 1.29 is 88.7 Å². The monoisotopic (exact) mass is 564 g/mol. The molecule has 202 valence electrons. The fraction of sp³-hybridized carbons (Fsp3) is 0.409. The molecule has 1 aromatic carbocycles. The topological polar surface area (TPSA) is 262 Å². The zero-order valence-electron chi connectivity index (χ0n) is 20.8. The summed E-state index contributed by atoms with van der Waals surface area (Å²) in [7, 11) is -1.97. The molecular formula is C22H26N2NaO12P. The first-order valence-electron chi connectivity index (χ1n) is 10.8. The fourth-order valence-electron chi connectivity index (χ4n) is 5.58.